The Labute approximate surface area is 169 Å². The molecule has 10 heteroatoms. The smallest absolute Gasteiger partial charge is 0.337 e. The Hall–Kier alpha value is -3.59. The van der Waals surface area contributed by atoms with Gasteiger partial charge in [0.15, 0.2) is 17.0 Å². The third-order valence-electron chi connectivity index (χ3n) is 4.27. The highest BCUT2D eigenvalue weighted by Gasteiger charge is 2.19. The first-order chi connectivity index (χ1) is 14.0. The van der Waals surface area contributed by atoms with E-state index in [0.29, 0.717) is 34.7 Å². The lowest BCUT2D eigenvalue weighted by Crippen LogP contribution is -2.06. The zero-order valence-corrected chi connectivity index (χ0v) is 15.9. The first-order valence-corrected chi connectivity index (χ1v) is 8.81. The summed E-state index contributed by atoms with van der Waals surface area (Å²) in [6.07, 6.45) is 2.60. The van der Waals surface area contributed by atoms with Gasteiger partial charge in [-0.1, -0.05) is 12.1 Å². The number of hydrogen-bond acceptors (Lipinski definition) is 7. The number of rotatable bonds is 4. The summed E-state index contributed by atoms with van der Waals surface area (Å²) < 4.78 is 20.2. The van der Waals surface area contributed by atoms with Crippen molar-refractivity contribution in [2.75, 3.05) is 12.8 Å². The fourth-order valence-corrected chi connectivity index (χ4v) is 3.12. The molecule has 0 radical (unpaired) electrons. The Kier molecular flexibility index (Phi) is 4.81. The van der Waals surface area contributed by atoms with Gasteiger partial charge in [0, 0.05) is 11.8 Å². The van der Waals surface area contributed by atoms with Gasteiger partial charge in [-0.2, -0.15) is 9.97 Å². The van der Waals surface area contributed by atoms with Crippen molar-refractivity contribution in [3.05, 3.63) is 65.0 Å². The van der Waals surface area contributed by atoms with Gasteiger partial charge in [0.1, 0.15) is 11.6 Å². The van der Waals surface area contributed by atoms with Crippen LogP contribution in [0, 0.1) is 5.82 Å². The van der Waals surface area contributed by atoms with Crippen molar-refractivity contribution < 1.29 is 13.9 Å². The van der Waals surface area contributed by atoms with E-state index in [9.17, 15) is 9.18 Å². The predicted octanol–water partition coefficient (Wildman–Crippen LogP) is 3.10. The fraction of sp³-hybridized carbons (Fsp3) is 0.105. The number of pyridine rings is 1. The average Bonchev–Trinajstić information content (AvgIpc) is 3.06. The molecule has 0 amide bonds. The number of nitrogens with two attached hydrogens (primary N) is 1. The topological polar surface area (TPSA) is 109 Å². The number of benzene rings is 1. The number of ether oxygens (including phenoxy) is 1. The van der Waals surface area contributed by atoms with E-state index in [1.807, 2.05) is 0 Å². The number of halogens is 2. The highest BCUT2D eigenvalue weighted by atomic mass is 35.5. The number of esters is 1. The van der Waals surface area contributed by atoms with Gasteiger partial charge in [-0.25, -0.2) is 14.2 Å². The van der Waals surface area contributed by atoms with E-state index in [-0.39, 0.29) is 11.1 Å². The number of nitrogens with zero attached hydrogens (tertiary/aromatic N) is 5. The minimum Gasteiger partial charge on any atom is -0.465 e. The molecule has 0 unspecified atom stereocenters. The third-order valence-corrected chi connectivity index (χ3v) is 4.44. The zero-order chi connectivity index (χ0) is 20.5. The molecule has 0 saturated heterocycles. The number of nitrogen functional groups attached to an aromatic ring is 1. The molecule has 146 valence electrons. The molecule has 0 aliphatic heterocycles. The Bertz CT molecular complexity index is 1230. The SMILES string of the molecule is COC(=O)c1ccc(Cn2c(-c3cncc(F)c3)nc3c(N)nc(Cl)nc32)cc1. The summed E-state index contributed by atoms with van der Waals surface area (Å²) in [5.74, 6) is -0.401. The summed E-state index contributed by atoms with van der Waals surface area (Å²) in [7, 11) is 1.32. The summed E-state index contributed by atoms with van der Waals surface area (Å²) in [6.45, 7) is 0.316. The molecule has 0 spiro atoms. The first-order valence-electron chi connectivity index (χ1n) is 8.43. The number of imidazole rings is 1. The number of carbonyl (C=O) groups is 1. The molecular formula is C19H14ClFN6O2. The lowest BCUT2D eigenvalue weighted by Gasteiger charge is -2.10. The monoisotopic (exact) mass is 412 g/mol. The van der Waals surface area contributed by atoms with Crippen molar-refractivity contribution in [1.29, 1.82) is 0 Å². The second-order valence-electron chi connectivity index (χ2n) is 6.15. The van der Waals surface area contributed by atoms with Crippen LogP contribution in [0.25, 0.3) is 22.6 Å². The molecule has 0 fully saturated rings. The van der Waals surface area contributed by atoms with Gasteiger partial charge < -0.3 is 15.0 Å². The Balaban J connectivity index is 1.85. The van der Waals surface area contributed by atoms with E-state index in [4.69, 9.17) is 22.1 Å². The molecule has 29 heavy (non-hydrogen) atoms. The van der Waals surface area contributed by atoms with Crippen molar-refractivity contribution in [2.45, 2.75) is 6.54 Å². The lowest BCUT2D eigenvalue weighted by molar-refractivity contribution is 0.0600. The van der Waals surface area contributed by atoms with Crippen molar-refractivity contribution in [1.82, 2.24) is 24.5 Å². The van der Waals surface area contributed by atoms with Crippen molar-refractivity contribution in [3.8, 4) is 11.4 Å². The molecular weight excluding hydrogens is 399 g/mol. The molecule has 8 nitrogen and oxygen atoms in total. The van der Waals surface area contributed by atoms with Crippen LogP contribution < -0.4 is 5.73 Å². The number of methoxy groups -OCH3 is 1. The first kappa shape index (κ1) is 18.8. The molecule has 4 aromatic rings. The summed E-state index contributed by atoms with van der Waals surface area (Å²) >= 11 is 5.98. The molecule has 0 saturated carbocycles. The van der Waals surface area contributed by atoms with Crippen LogP contribution in [0.15, 0.2) is 42.7 Å². The molecule has 3 heterocycles. The van der Waals surface area contributed by atoms with E-state index >= 15 is 0 Å². The number of aromatic nitrogens is 5. The quantitative estimate of drug-likeness (QED) is 0.405. The van der Waals surface area contributed by atoms with Crippen molar-refractivity contribution in [3.63, 3.8) is 0 Å². The number of hydrogen-bond donors (Lipinski definition) is 1. The van der Waals surface area contributed by atoms with Crippen LogP contribution in [-0.2, 0) is 11.3 Å². The van der Waals surface area contributed by atoms with E-state index in [1.165, 1.54) is 19.4 Å². The standard InChI is InChI=1S/C19H14ClFN6O2/c1-29-18(28)11-4-2-10(3-5-11)9-27-16(12-6-13(21)8-23-7-12)24-14-15(22)25-19(20)26-17(14)27/h2-8H,9H2,1H3,(H2,22,25,26). The Morgan fingerprint density at radius 3 is 2.66 bits per heavy atom. The number of carbonyl (C=O) groups excluding carboxylic acids is 1. The Morgan fingerprint density at radius 1 is 1.21 bits per heavy atom. The fourth-order valence-electron chi connectivity index (χ4n) is 2.95. The highest BCUT2D eigenvalue weighted by molar-refractivity contribution is 6.28. The molecule has 0 aliphatic rings. The maximum atomic E-state index is 13.7. The summed E-state index contributed by atoms with van der Waals surface area (Å²) in [5, 5.41) is -0.0268. The van der Waals surface area contributed by atoms with Gasteiger partial charge in [0.25, 0.3) is 0 Å². The van der Waals surface area contributed by atoms with E-state index in [0.717, 1.165) is 11.8 Å². The summed E-state index contributed by atoms with van der Waals surface area (Å²) in [6, 6.07) is 8.17. The molecule has 4 rings (SSSR count). The van der Waals surface area contributed by atoms with E-state index < -0.39 is 11.8 Å². The maximum absolute atomic E-state index is 13.7. The van der Waals surface area contributed by atoms with Gasteiger partial charge in [0.2, 0.25) is 5.28 Å². The van der Waals surface area contributed by atoms with Crippen LogP contribution in [-0.4, -0.2) is 37.6 Å². The molecule has 1 aromatic carbocycles. The van der Waals surface area contributed by atoms with Crippen LogP contribution in [0.4, 0.5) is 10.2 Å². The summed E-state index contributed by atoms with van der Waals surface area (Å²) in [4.78, 5) is 28.2. The van der Waals surface area contributed by atoms with Crippen LogP contribution >= 0.6 is 11.6 Å². The van der Waals surface area contributed by atoms with Gasteiger partial charge in [-0.15, -0.1) is 0 Å². The van der Waals surface area contributed by atoms with Crippen LogP contribution in [0.5, 0.6) is 0 Å². The minimum atomic E-state index is -0.499. The highest BCUT2D eigenvalue weighted by Crippen LogP contribution is 2.28. The second-order valence-corrected chi connectivity index (χ2v) is 6.49. The van der Waals surface area contributed by atoms with Crippen LogP contribution in [0.3, 0.4) is 0 Å². The van der Waals surface area contributed by atoms with E-state index in [2.05, 4.69) is 19.9 Å². The van der Waals surface area contributed by atoms with Gasteiger partial charge in [-0.05, 0) is 35.4 Å². The largest absolute Gasteiger partial charge is 0.465 e. The minimum absolute atomic E-state index is 0.0268. The third kappa shape index (κ3) is 3.59. The summed E-state index contributed by atoms with van der Waals surface area (Å²) in [5.41, 5.74) is 8.42. The molecule has 3 aromatic heterocycles. The maximum Gasteiger partial charge on any atom is 0.337 e. The second kappa shape index (κ2) is 7.44. The van der Waals surface area contributed by atoms with Gasteiger partial charge in [-0.3, -0.25) is 4.98 Å². The molecule has 2 N–H and O–H groups in total. The van der Waals surface area contributed by atoms with Gasteiger partial charge in [0.05, 0.1) is 25.4 Å². The van der Waals surface area contributed by atoms with Crippen molar-refractivity contribution in [2.24, 2.45) is 0 Å². The molecule has 0 atom stereocenters. The zero-order valence-electron chi connectivity index (χ0n) is 15.1. The van der Waals surface area contributed by atoms with Crippen LogP contribution in [0.1, 0.15) is 15.9 Å². The number of fused-ring (bicyclic) bond motifs is 1. The van der Waals surface area contributed by atoms with Crippen LogP contribution in [0.2, 0.25) is 5.28 Å². The van der Waals surface area contributed by atoms with Gasteiger partial charge >= 0.3 is 5.97 Å². The molecule has 0 bridgehead atoms. The normalized spacial score (nSPS) is 11.0. The average molecular weight is 413 g/mol. The number of anilines is 1. The Morgan fingerprint density at radius 2 is 1.97 bits per heavy atom. The van der Waals surface area contributed by atoms with E-state index in [1.54, 1.807) is 28.8 Å². The lowest BCUT2D eigenvalue weighted by atomic mass is 10.1. The van der Waals surface area contributed by atoms with Crippen molar-refractivity contribution >= 4 is 34.6 Å². The predicted molar refractivity (Wildman–Crippen MR) is 105 cm³/mol. The molecule has 0 aliphatic carbocycles.